The largest absolute Gasteiger partial charge is 0.493 e. The Morgan fingerprint density at radius 1 is 1.13 bits per heavy atom. The molecule has 0 aromatic heterocycles. The molecule has 0 aliphatic carbocycles. The maximum absolute atomic E-state index is 13.2. The predicted molar refractivity (Wildman–Crippen MR) is 123 cm³/mol. The zero-order valence-electron chi connectivity index (χ0n) is 17.2. The molecule has 9 heteroatoms. The van der Waals surface area contributed by atoms with Crippen LogP contribution in [0, 0.1) is 0 Å². The smallest absolute Gasteiger partial charge is 0.305 e. The van der Waals surface area contributed by atoms with Crippen molar-refractivity contribution in [3.63, 3.8) is 0 Å². The average Bonchev–Trinajstić information content (AvgIpc) is 3.04. The molecule has 1 aliphatic heterocycles. The van der Waals surface area contributed by atoms with Gasteiger partial charge in [0.15, 0.2) is 11.5 Å². The van der Waals surface area contributed by atoms with Gasteiger partial charge in [-0.2, -0.15) is 0 Å². The van der Waals surface area contributed by atoms with E-state index in [0.717, 1.165) is 11.8 Å². The van der Waals surface area contributed by atoms with Gasteiger partial charge < -0.3 is 19.3 Å². The van der Waals surface area contributed by atoms with E-state index < -0.39 is 12.0 Å². The van der Waals surface area contributed by atoms with E-state index in [1.165, 1.54) is 26.2 Å². The maximum Gasteiger partial charge on any atom is 0.305 e. The van der Waals surface area contributed by atoms with Crippen molar-refractivity contribution in [3.8, 4) is 17.2 Å². The van der Waals surface area contributed by atoms with Crippen molar-refractivity contribution < 1.29 is 28.9 Å². The monoisotopic (exact) mass is 459 g/mol. The number of hydrogen-bond acceptors (Lipinski definition) is 7. The Balaban J connectivity index is 1.99. The highest BCUT2D eigenvalue weighted by atomic mass is 32.2. The number of methoxy groups -OCH3 is 3. The molecule has 1 atom stereocenters. The van der Waals surface area contributed by atoms with Crippen molar-refractivity contribution >= 4 is 46.3 Å². The van der Waals surface area contributed by atoms with E-state index in [2.05, 4.69) is 0 Å². The summed E-state index contributed by atoms with van der Waals surface area (Å²) in [6.07, 6.45) is 1.42. The van der Waals surface area contributed by atoms with Crippen LogP contribution in [0.15, 0.2) is 47.4 Å². The van der Waals surface area contributed by atoms with Gasteiger partial charge >= 0.3 is 5.97 Å². The molecule has 0 saturated carbocycles. The molecule has 7 nitrogen and oxygen atoms in total. The molecular formula is C22H21NO6S2. The van der Waals surface area contributed by atoms with Crippen LogP contribution in [-0.2, 0) is 9.59 Å². The number of aliphatic carboxylic acids is 1. The number of benzene rings is 2. The van der Waals surface area contributed by atoms with Crippen molar-refractivity contribution in [1.82, 2.24) is 4.90 Å². The van der Waals surface area contributed by atoms with Crippen molar-refractivity contribution in [1.29, 1.82) is 0 Å². The number of hydrogen-bond donors (Lipinski definition) is 1. The highest BCUT2D eigenvalue weighted by molar-refractivity contribution is 8.26. The fourth-order valence-electron chi connectivity index (χ4n) is 3.28. The normalized spacial score (nSPS) is 15.8. The molecule has 0 bridgehead atoms. The van der Waals surface area contributed by atoms with Gasteiger partial charge in [-0.15, -0.1) is 0 Å². The fraction of sp³-hybridized carbons (Fsp3) is 0.227. The predicted octanol–water partition coefficient (Wildman–Crippen LogP) is 4.13. The molecule has 1 fully saturated rings. The van der Waals surface area contributed by atoms with Crippen molar-refractivity contribution in [2.45, 2.75) is 12.5 Å². The van der Waals surface area contributed by atoms with Crippen LogP contribution >= 0.6 is 24.0 Å². The van der Waals surface area contributed by atoms with Crippen LogP contribution in [0.4, 0.5) is 0 Å². The first-order valence-electron chi connectivity index (χ1n) is 9.23. The van der Waals surface area contributed by atoms with Gasteiger partial charge in [0.25, 0.3) is 5.91 Å². The zero-order chi connectivity index (χ0) is 22.5. The van der Waals surface area contributed by atoms with Crippen LogP contribution in [0.5, 0.6) is 17.2 Å². The van der Waals surface area contributed by atoms with Crippen LogP contribution in [0.25, 0.3) is 6.08 Å². The summed E-state index contributed by atoms with van der Waals surface area (Å²) in [4.78, 5) is 26.5. The summed E-state index contributed by atoms with van der Waals surface area (Å²) in [5, 5.41) is 9.40. The Morgan fingerprint density at radius 3 is 2.26 bits per heavy atom. The number of carbonyl (C=O) groups is 2. The van der Waals surface area contributed by atoms with Crippen molar-refractivity contribution in [2.75, 3.05) is 21.3 Å². The number of ether oxygens (including phenoxy) is 3. The first kappa shape index (κ1) is 22.6. The van der Waals surface area contributed by atoms with Gasteiger partial charge in [0, 0.05) is 0 Å². The molecule has 1 heterocycles. The lowest BCUT2D eigenvalue weighted by Crippen LogP contribution is -2.34. The second-order valence-electron chi connectivity index (χ2n) is 6.53. The molecule has 0 spiro atoms. The summed E-state index contributed by atoms with van der Waals surface area (Å²) in [6, 6.07) is 11.7. The van der Waals surface area contributed by atoms with Gasteiger partial charge in [-0.1, -0.05) is 54.3 Å². The van der Waals surface area contributed by atoms with Crippen LogP contribution in [0.1, 0.15) is 23.6 Å². The van der Waals surface area contributed by atoms with Crippen LogP contribution in [0.2, 0.25) is 0 Å². The Kier molecular flexibility index (Phi) is 7.19. The molecule has 1 aliphatic rings. The minimum atomic E-state index is -1.02. The summed E-state index contributed by atoms with van der Waals surface area (Å²) < 4.78 is 16.4. The van der Waals surface area contributed by atoms with Crippen LogP contribution < -0.4 is 14.2 Å². The summed E-state index contributed by atoms with van der Waals surface area (Å²) >= 11 is 6.57. The number of carboxylic acids is 1. The van der Waals surface area contributed by atoms with Gasteiger partial charge in [-0.3, -0.25) is 14.5 Å². The van der Waals surface area contributed by atoms with Crippen molar-refractivity contribution in [2.24, 2.45) is 0 Å². The van der Waals surface area contributed by atoms with E-state index >= 15 is 0 Å². The summed E-state index contributed by atoms with van der Waals surface area (Å²) in [5.41, 5.74) is 1.36. The second kappa shape index (κ2) is 9.84. The zero-order valence-corrected chi connectivity index (χ0v) is 18.8. The first-order chi connectivity index (χ1) is 14.9. The van der Waals surface area contributed by atoms with Gasteiger partial charge in [-0.25, -0.2) is 0 Å². The Bertz CT molecular complexity index is 1010. The summed E-state index contributed by atoms with van der Waals surface area (Å²) in [7, 11) is 4.53. The van der Waals surface area contributed by atoms with Gasteiger partial charge in [0.1, 0.15) is 4.32 Å². The summed E-state index contributed by atoms with van der Waals surface area (Å²) in [6.45, 7) is 0. The van der Waals surface area contributed by atoms with Crippen molar-refractivity contribution in [3.05, 3.63) is 58.5 Å². The Hall–Kier alpha value is -3.04. The number of carbonyl (C=O) groups excluding carboxylic acids is 1. The molecule has 1 amide bonds. The molecule has 3 rings (SSSR count). The number of carboxylic acid groups (broad SMARTS) is 1. The van der Waals surface area contributed by atoms with Gasteiger partial charge in [0.05, 0.1) is 38.7 Å². The average molecular weight is 460 g/mol. The minimum Gasteiger partial charge on any atom is -0.493 e. The van der Waals surface area contributed by atoms with E-state index in [1.807, 2.05) is 6.07 Å². The minimum absolute atomic E-state index is 0.256. The maximum atomic E-state index is 13.2. The Labute approximate surface area is 189 Å². The first-order valence-corrected chi connectivity index (χ1v) is 10.5. The van der Waals surface area contributed by atoms with Gasteiger partial charge in [-0.05, 0) is 29.3 Å². The molecular weight excluding hydrogens is 438 g/mol. The third kappa shape index (κ3) is 4.83. The molecule has 0 unspecified atom stereocenters. The quantitative estimate of drug-likeness (QED) is 0.466. The van der Waals surface area contributed by atoms with E-state index in [9.17, 15) is 14.7 Å². The number of thiocarbonyl (C=S) groups is 1. The molecule has 2 aromatic carbocycles. The Morgan fingerprint density at radius 2 is 1.74 bits per heavy atom. The SMILES string of the molecule is COc1cc(/C=C2/SC(=S)N([C@H](CC(=O)O)c3ccccc3)C2=O)cc(OC)c1OC. The number of thioether (sulfide) groups is 1. The lowest BCUT2D eigenvalue weighted by atomic mass is 10.0. The molecule has 1 saturated heterocycles. The lowest BCUT2D eigenvalue weighted by molar-refractivity contribution is -0.138. The third-order valence-corrected chi connectivity index (χ3v) is 6.00. The molecule has 0 radical (unpaired) electrons. The van der Waals surface area contributed by atoms with E-state index in [-0.39, 0.29) is 12.3 Å². The van der Waals surface area contributed by atoms with E-state index in [0.29, 0.717) is 37.6 Å². The second-order valence-corrected chi connectivity index (χ2v) is 8.21. The third-order valence-electron chi connectivity index (χ3n) is 4.67. The molecule has 31 heavy (non-hydrogen) atoms. The molecule has 1 N–H and O–H groups in total. The van der Waals surface area contributed by atoms with Crippen LogP contribution in [-0.4, -0.2) is 47.5 Å². The molecule has 162 valence electrons. The highest BCUT2D eigenvalue weighted by Gasteiger charge is 2.38. The van der Waals surface area contributed by atoms with Gasteiger partial charge in [0.2, 0.25) is 5.75 Å². The van der Waals surface area contributed by atoms with Crippen LogP contribution in [0.3, 0.4) is 0 Å². The standard InChI is InChI=1S/C22H21NO6S2/c1-27-16-9-13(10-17(28-2)20(16)29-3)11-18-21(26)23(22(30)31-18)15(12-19(24)25)14-7-5-4-6-8-14/h4-11,15H,12H2,1-3H3,(H,24,25)/b18-11+/t15-/m1/s1. The lowest BCUT2D eigenvalue weighted by Gasteiger charge is -2.26. The number of amides is 1. The molecule has 2 aromatic rings. The van der Waals surface area contributed by atoms with E-state index in [4.69, 9.17) is 26.4 Å². The topological polar surface area (TPSA) is 85.3 Å². The number of nitrogens with zero attached hydrogens (tertiary/aromatic N) is 1. The fourth-order valence-corrected chi connectivity index (χ4v) is 4.64. The summed E-state index contributed by atoms with van der Waals surface area (Å²) in [5.74, 6) is -0.0103. The highest BCUT2D eigenvalue weighted by Crippen LogP contribution is 2.42. The van der Waals surface area contributed by atoms with E-state index in [1.54, 1.807) is 42.5 Å². The number of rotatable bonds is 8.